The molecule has 0 aliphatic rings. The van der Waals surface area contributed by atoms with Crippen LogP contribution in [0.1, 0.15) is 113 Å². The number of rotatable bonds is 10. The summed E-state index contributed by atoms with van der Waals surface area (Å²) >= 11 is 0. The molecule has 0 spiro atoms. The Labute approximate surface area is 323 Å². The van der Waals surface area contributed by atoms with Crippen molar-refractivity contribution in [2.45, 2.75) is 114 Å². The quantitative estimate of drug-likeness (QED) is 0.0843. The number of hydrogen-bond donors (Lipinski definition) is 1. The van der Waals surface area contributed by atoms with Crippen molar-refractivity contribution in [3.63, 3.8) is 0 Å². The van der Waals surface area contributed by atoms with Crippen LogP contribution in [0.2, 0.25) is 0 Å². The number of allylic oxidation sites excluding steroid dienone is 2. The molecule has 0 unspecified atom stereocenters. The average molecular weight is 879 g/mol. The smallest absolute Gasteiger partial charge is 0.164 e. The Kier molecular flexibility index (Phi) is 12.7. The molecule has 0 bridgehead atoms. The van der Waals surface area contributed by atoms with Crippen molar-refractivity contribution in [2.24, 2.45) is 16.7 Å². The second kappa shape index (κ2) is 16.1. The van der Waals surface area contributed by atoms with Crippen LogP contribution in [0.4, 0.5) is 0 Å². The monoisotopic (exact) mass is 879 g/mol. The minimum atomic E-state index is -0.337. The van der Waals surface area contributed by atoms with Gasteiger partial charge in [0.2, 0.25) is 0 Å². The number of carbonyl (C=O) groups excluding carboxylic acids is 1. The Morgan fingerprint density at radius 2 is 1.44 bits per heavy atom. The average Bonchev–Trinajstić information content (AvgIpc) is 3.70. The van der Waals surface area contributed by atoms with Gasteiger partial charge in [-0.3, -0.25) is 9.78 Å². The van der Waals surface area contributed by atoms with Crippen LogP contribution < -0.4 is 0 Å². The maximum Gasteiger partial charge on any atom is 0.164 e. The van der Waals surface area contributed by atoms with E-state index in [1.807, 2.05) is 53.8 Å². The van der Waals surface area contributed by atoms with E-state index in [4.69, 9.17) is 13.8 Å². The first kappa shape index (κ1) is 41.0. The SMILES string of the molecule is CC(C)Cc1cc2c(ccc3c4ccnc(-c5[c-]c6ccccc6c(C(C)(C)C)c5)c4oc23)o1.CCC(C)(CC)C(=O)/C=C(\O)C(C)(CC)CC.[Ir]. The Morgan fingerprint density at radius 1 is 0.808 bits per heavy atom. The number of ketones is 1. The largest absolute Gasteiger partial charge is 0.512 e. The molecule has 52 heavy (non-hydrogen) atoms. The van der Waals surface area contributed by atoms with Gasteiger partial charge in [-0.15, -0.1) is 29.1 Å². The van der Waals surface area contributed by atoms with Crippen LogP contribution >= 0.6 is 0 Å². The molecule has 3 aromatic heterocycles. The summed E-state index contributed by atoms with van der Waals surface area (Å²) < 4.78 is 12.7. The second-order valence-corrected chi connectivity index (χ2v) is 16.1. The van der Waals surface area contributed by atoms with Gasteiger partial charge >= 0.3 is 0 Å². The van der Waals surface area contributed by atoms with Crippen molar-refractivity contribution < 1.29 is 38.8 Å². The number of fused-ring (bicyclic) bond motifs is 6. The van der Waals surface area contributed by atoms with Crippen molar-refractivity contribution in [1.29, 1.82) is 0 Å². The van der Waals surface area contributed by atoms with E-state index in [0.29, 0.717) is 5.92 Å². The summed E-state index contributed by atoms with van der Waals surface area (Å²) in [6.07, 6.45) is 7.53. The van der Waals surface area contributed by atoms with Crippen LogP contribution in [0.5, 0.6) is 0 Å². The van der Waals surface area contributed by atoms with E-state index in [0.717, 1.165) is 87.4 Å². The van der Waals surface area contributed by atoms with Crippen LogP contribution in [0.25, 0.3) is 54.9 Å². The minimum absolute atomic E-state index is 0. The van der Waals surface area contributed by atoms with Crippen molar-refractivity contribution in [3.05, 3.63) is 90.0 Å². The fraction of sp³-hybridized carbons (Fsp3) is 0.435. The summed E-state index contributed by atoms with van der Waals surface area (Å²) in [5.41, 5.74) is 4.96. The van der Waals surface area contributed by atoms with E-state index in [1.54, 1.807) is 0 Å². The molecule has 3 heterocycles. The molecule has 1 radical (unpaired) electrons. The zero-order chi connectivity index (χ0) is 37.3. The van der Waals surface area contributed by atoms with E-state index < -0.39 is 0 Å². The van der Waals surface area contributed by atoms with Gasteiger partial charge in [-0.25, -0.2) is 0 Å². The predicted molar refractivity (Wildman–Crippen MR) is 213 cm³/mol. The van der Waals surface area contributed by atoms with E-state index >= 15 is 0 Å². The molecule has 6 rings (SSSR count). The number of carbonyl (C=O) groups is 1. The molecule has 0 atom stereocenters. The third kappa shape index (κ3) is 8.09. The molecule has 0 aliphatic carbocycles. The van der Waals surface area contributed by atoms with Gasteiger partial charge in [-0.2, -0.15) is 0 Å². The van der Waals surface area contributed by atoms with Gasteiger partial charge in [0.05, 0.1) is 5.39 Å². The number of aromatic nitrogens is 1. The fourth-order valence-corrected chi connectivity index (χ4v) is 6.68. The first-order valence-electron chi connectivity index (χ1n) is 18.7. The second-order valence-electron chi connectivity index (χ2n) is 16.1. The topological polar surface area (TPSA) is 76.5 Å². The molecule has 0 aliphatic heterocycles. The number of nitrogens with zero attached hydrogens (tertiary/aromatic N) is 1. The Balaban J connectivity index is 0.000000289. The van der Waals surface area contributed by atoms with Crippen molar-refractivity contribution >= 4 is 49.5 Å². The molecule has 1 N–H and O–H groups in total. The zero-order valence-electron chi connectivity index (χ0n) is 32.9. The number of aliphatic hydroxyl groups is 1. The molecule has 0 saturated carbocycles. The van der Waals surface area contributed by atoms with Crippen LogP contribution in [0.15, 0.2) is 81.5 Å². The van der Waals surface area contributed by atoms with Gasteiger partial charge in [-0.1, -0.05) is 105 Å². The van der Waals surface area contributed by atoms with Gasteiger partial charge in [0.25, 0.3) is 0 Å². The van der Waals surface area contributed by atoms with Gasteiger partial charge in [0.15, 0.2) is 5.78 Å². The summed E-state index contributed by atoms with van der Waals surface area (Å²) in [6, 6.07) is 22.6. The number of pyridine rings is 1. The van der Waals surface area contributed by atoms with Crippen LogP contribution in [-0.4, -0.2) is 15.9 Å². The summed E-state index contributed by atoms with van der Waals surface area (Å²) in [7, 11) is 0. The van der Waals surface area contributed by atoms with Gasteiger partial charge in [0, 0.05) is 66.1 Å². The van der Waals surface area contributed by atoms with Gasteiger partial charge in [-0.05, 0) is 61.3 Å². The van der Waals surface area contributed by atoms with Crippen molar-refractivity contribution in [2.75, 3.05) is 0 Å². The van der Waals surface area contributed by atoms with E-state index in [9.17, 15) is 9.90 Å². The Hall–Kier alpha value is -3.73. The summed E-state index contributed by atoms with van der Waals surface area (Å²) in [4.78, 5) is 17.0. The standard InChI is InChI=1S/C31H28NO2.C15H28O2.Ir/c1-18(2)14-21-17-25-27(33-21)11-10-23-24-12-13-32-28(30(24)34-29(23)25)20-15-19-8-6-7-9-22(19)26(16-20)31(3,4)5;1-7-14(5,8-2)12(16)11-13(17)15(6,9-3)10-4;/h6-13,16-18H,14H2,1-5H3;11,16H,7-10H2,1-6H3;/q-1;;/b;12-11-;. The maximum absolute atomic E-state index is 12.2. The van der Waals surface area contributed by atoms with Crippen molar-refractivity contribution in [1.82, 2.24) is 4.98 Å². The fourth-order valence-electron chi connectivity index (χ4n) is 6.68. The Morgan fingerprint density at radius 3 is 2.06 bits per heavy atom. The minimum Gasteiger partial charge on any atom is -0.512 e. The third-order valence-electron chi connectivity index (χ3n) is 11.2. The molecule has 5 nitrogen and oxygen atoms in total. The van der Waals surface area contributed by atoms with E-state index in [1.165, 1.54) is 17.0 Å². The summed E-state index contributed by atoms with van der Waals surface area (Å²) in [6.45, 7) is 23.2. The number of benzene rings is 3. The Bertz CT molecular complexity index is 2200. The van der Waals surface area contributed by atoms with Crippen LogP contribution in [0, 0.1) is 22.8 Å². The molecular weight excluding hydrogens is 823 g/mol. The van der Waals surface area contributed by atoms with Gasteiger partial charge < -0.3 is 13.9 Å². The van der Waals surface area contributed by atoms with E-state index in [-0.39, 0.29) is 47.9 Å². The maximum atomic E-state index is 12.2. The number of furan rings is 2. The van der Waals surface area contributed by atoms with E-state index in [2.05, 4.69) is 89.2 Å². The molecular formula is C46H56IrNO4-. The third-order valence-corrected chi connectivity index (χ3v) is 11.2. The van der Waals surface area contributed by atoms with Crippen LogP contribution in [-0.2, 0) is 36.7 Å². The molecule has 0 fully saturated rings. The zero-order valence-corrected chi connectivity index (χ0v) is 35.3. The first-order valence-corrected chi connectivity index (χ1v) is 18.7. The molecule has 3 aromatic carbocycles. The van der Waals surface area contributed by atoms with Crippen LogP contribution in [0.3, 0.4) is 0 Å². The predicted octanol–water partition coefficient (Wildman–Crippen LogP) is 13.5. The number of hydrogen-bond acceptors (Lipinski definition) is 5. The molecule has 0 amide bonds. The summed E-state index contributed by atoms with van der Waals surface area (Å²) in [5, 5.41) is 15.6. The number of aliphatic hydroxyl groups excluding tert-OH is 1. The molecule has 0 saturated heterocycles. The molecule has 279 valence electrons. The summed E-state index contributed by atoms with van der Waals surface area (Å²) in [5.74, 6) is 1.81. The molecule has 6 aromatic rings. The van der Waals surface area contributed by atoms with Crippen molar-refractivity contribution in [3.8, 4) is 11.3 Å². The normalized spacial score (nSPS) is 12.8. The van der Waals surface area contributed by atoms with Gasteiger partial charge in [0.1, 0.15) is 28.3 Å². The molecule has 6 heteroatoms. The first-order chi connectivity index (χ1) is 24.1.